The number of hydrogen-bond acceptors (Lipinski definition) is 4. The molecule has 4 aromatic rings. The smallest absolute Gasteiger partial charge is 0.253 e. The Bertz CT molecular complexity index is 1150. The summed E-state index contributed by atoms with van der Waals surface area (Å²) in [6.07, 6.45) is 5.37. The van der Waals surface area contributed by atoms with Gasteiger partial charge in [0.2, 0.25) is 0 Å². The molecule has 0 atom stereocenters. The van der Waals surface area contributed by atoms with Gasteiger partial charge in [0.05, 0.1) is 0 Å². The standard InChI is InChI=1S/C21H19N5O/c1-13-7-8-22-12-18(13)19-17-10-16(11-23-20(17)25-24-19)14-5-4-6-15(9-14)21(27)26(2)3/h4-12H,1-3H3,(H,23,24,25). The van der Waals surface area contributed by atoms with Gasteiger partial charge in [-0.25, -0.2) is 4.98 Å². The van der Waals surface area contributed by atoms with Crippen LogP contribution in [0.5, 0.6) is 0 Å². The molecule has 1 aromatic carbocycles. The Hall–Kier alpha value is -3.54. The van der Waals surface area contributed by atoms with Crippen molar-refractivity contribution in [3.05, 3.63) is 66.1 Å². The number of nitrogens with one attached hydrogen (secondary N) is 1. The number of carbonyl (C=O) groups excluding carboxylic acids is 1. The first kappa shape index (κ1) is 16.9. The minimum atomic E-state index is -0.0270. The van der Waals surface area contributed by atoms with Crippen LogP contribution in [-0.4, -0.2) is 45.1 Å². The molecular weight excluding hydrogens is 338 g/mol. The molecule has 0 aliphatic heterocycles. The lowest BCUT2D eigenvalue weighted by Crippen LogP contribution is -2.21. The second kappa shape index (κ2) is 6.64. The largest absolute Gasteiger partial charge is 0.345 e. The van der Waals surface area contributed by atoms with Gasteiger partial charge in [0, 0.05) is 54.8 Å². The van der Waals surface area contributed by atoms with Crippen molar-refractivity contribution in [2.75, 3.05) is 14.1 Å². The summed E-state index contributed by atoms with van der Waals surface area (Å²) in [5.41, 5.74) is 6.13. The van der Waals surface area contributed by atoms with E-state index in [9.17, 15) is 4.79 Å². The van der Waals surface area contributed by atoms with Crippen LogP contribution < -0.4 is 0 Å². The maximum atomic E-state index is 12.3. The molecule has 0 unspecified atom stereocenters. The van der Waals surface area contributed by atoms with Gasteiger partial charge >= 0.3 is 0 Å². The van der Waals surface area contributed by atoms with Gasteiger partial charge in [-0.1, -0.05) is 12.1 Å². The number of hydrogen-bond donors (Lipinski definition) is 1. The highest BCUT2D eigenvalue weighted by Gasteiger charge is 2.14. The Morgan fingerprint density at radius 3 is 2.70 bits per heavy atom. The lowest BCUT2D eigenvalue weighted by atomic mass is 10.0. The number of aryl methyl sites for hydroxylation is 1. The lowest BCUT2D eigenvalue weighted by molar-refractivity contribution is 0.0827. The highest BCUT2D eigenvalue weighted by Crippen LogP contribution is 2.30. The molecule has 6 nitrogen and oxygen atoms in total. The fourth-order valence-corrected chi connectivity index (χ4v) is 3.07. The second-order valence-corrected chi connectivity index (χ2v) is 6.66. The fraction of sp³-hybridized carbons (Fsp3) is 0.143. The van der Waals surface area contributed by atoms with Crippen molar-refractivity contribution >= 4 is 16.9 Å². The van der Waals surface area contributed by atoms with Gasteiger partial charge in [-0.3, -0.25) is 14.9 Å². The first-order valence-electron chi connectivity index (χ1n) is 8.62. The number of benzene rings is 1. The van der Waals surface area contributed by atoms with Crippen molar-refractivity contribution in [3.63, 3.8) is 0 Å². The topological polar surface area (TPSA) is 74.8 Å². The number of pyridine rings is 2. The summed E-state index contributed by atoms with van der Waals surface area (Å²) in [5.74, 6) is -0.0270. The molecule has 1 N–H and O–H groups in total. The van der Waals surface area contributed by atoms with E-state index >= 15 is 0 Å². The molecule has 1 amide bonds. The number of H-pyrrole nitrogens is 1. The Kier molecular flexibility index (Phi) is 4.16. The van der Waals surface area contributed by atoms with E-state index in [0.29, 0.717) is 5.56 Å². The van der Waals surface area contributed by atoms with Crippen molar-refractivity contribution in [3.8, 4) is 22.4 Å². The first-order valence-corrected chi connectivity index (χ1v) is 8.62. The summed E-state index contributed by atoms with van der Waals surface area (Å²) < 4.78 is 0. The number of rotatable bonds is 3. The molecule has 0 saturated carbocycles. The number of nitrogens with zero attached hydrogens (tertiary/aromatic N) is 4. The third-order valence-corrected chi connectivity index (χ3v) is 4.56. The zero-order valence-electron chi connectivity index (χ0n) is 15.4. The zero-order valence-corrected chi connectivity index (χ0v) is 15.4. The van der Waals surface area contributed by atoms with E-state index in [1.807, 2.05) is 49.5 Å². The number of amides is 1. The van der Waals surface area contributed by atoms with Crippen molar-refractivity contribution < 1.29 is 4.79 Å². The number of aromatic amines is 1. The summed E-state index contributed by atoms with van der Waals surface area (Å²) in [6.45, 7) is 2.03. The van der Waals surface area contributed by atoms with Gasteiger partial charge < -0.3 is 4.90 Å². The van der Waals surface area contributed by atoms with Gasteiger partial charge in [-0.15, -0.1) is 0 Å². The van der Waals surface area contributed by atoms with Crippen LogP contribution in [0.1, 0.15) is 15.9 Å². The molecule has 0 spiro atoms. The highest BCUT2D eigenvalue weighted by molar-refractivity contribution is 5.96. The summed E-state index contributed by atoms with van der Waals surface area (Å²) >= 11 is 0. The molecule has 6 heteroatoms. The van der Waals surface area contributed by atoms with Crippen LogP contribution in [0, 0.1) is 6.92 Å². The molecular formula is C21H19N5O. The van der Waals surface area contributed by atoms with Crippen LogP contribution in [0.4, 0.5) is 0 Å². The van der Waals surface area contributed by atoms with E-state index in [1.54, 1.807) is 31.4 Å². The van der Waals surface area contributed by atoms with E-state index in [-0.39, 0.29) is 5.91 Å². The van der Waals surface area contributed by atoms with E-state index < -0.39 is 0 Å². The summed E-state index contributed by atoms with van der Waals surface area (Å²) in [6, 6.07) is 11.6. The number of fused-ring (bicyclic) bond motifs is 1. The first-order chi connectivity index (χ1) is 13.0. The molecule has 0 aliphatic rings. The lowest BCUT2D eigenvalue weighted by Gasteiger charge is -2.11. The summed E-state index contributed by atoms with van der Waals surface area (Å²) in [4.78, 5) is 22.6. The monoisotopic (exact) mass is 357 g/mol. The van der Waals surface area contributed by atoms with E-state index in [1.165, 1.54) is 0 Å². The molecule has 0 saturated heterocycles. The van der Waals surface area contributed by atoms with Crippen LogP contribution in [0.3, 0.4) is 0 Å². The molecule has 3 heterocycles. The van der Waals surface area contributed by atoms with Crippen LogP contribution in [0.15, 0.2) is 55.0 Å². The van der Waals surface area contributed by atoms with Gasteiger partial charge in [0.25, 0.3) is 5.91 Å². The maximum absolute atomic E-state index is 12.3. The Labute approximate surface area is 156 Å². The van der Waals surface area contributed by atoms with E-state index in [0.717, 1.165) is 39.0 Å². The van der Waals surface area contributed by atoms with E-state index in [2.05, 4.69) is 20.2 Å². The van der Waals surface area contributed by atoms with Crippen molar-refractivity contribution in [1.82, 2.24) is 25.1 Å². The third-order valence-electron chi connectivity index (χ3n) is 4.56. The van der Waals surface area contributed by atoms with Crippen LogP contribution in [-0.2, 0) is 0 Å². The molecule has 0 aliphatic carbocycles. The molecule has 0 fully saturated rings. The van der Waals surface area contributed by atoms with Crippen molar-refractivity contribution in [1.29, 1.82) is 0 Å². The van der Waals surface area contributed by atoms with Crippen LogP contribution >= 0.6 is 0 Å². The predicted molar refractivity (Wildman–Crippen MR) is 105 cm³/mol. The molecule has 0 radical (unpaired) electrons. The summed E-state index contributed by atoms with van der Waals surface area (Å²) in [7, 11) is 3.49. The number of aromatic nitrogens is 4. The number of carbonyl (C=O) groups is 1. The normalized spacial score (nSPS) is 10.9. The van der Waals surface area contributed by atoms with Crippen molar-refractivity contribution in [2.45, 2.75) is 6.92 Å². The van der Waals surface area contributed by atoms with Crippen molar-refractivity contribution in [2.24, 2.45) is 0 Å². The summed E-state index contributed by atoms with van der Waals surface area (Å²) in [5, 5.41) is 8.35. The molecule has 4 rings (SSSR count). The highest BCUT2D eigenvalue weighted by atomic mass is 16.2. The average molecular weight is 357 g/mol. The minimum Gasteiger partial charge on any atom is -0.345 e. The fourth-order valence-electron chi connectivity index (χ4n) is 3.07. The van der Waals surface area contributed by atoms with Crippen LogP contribution in [0.25, 0.3) is 33.4 Å². The molecule has 27 heavy (non-hydrogen) atoms. The maximum Gasteiger partial charge on any atom is 0.253 e. The average Bonchev–Trinajstić information content (AvgIpc) is 3.11. The van der Waals surface area contributed by atoms with Crippen LogP contribution in [0.2, 0.25) is 0 Å². The minimum absolute atomic E-state index is 0.0270. The van der Waals surface area contributed by atoms with Gasteiger partial charge in [0.1, 0.15) is 5.69 Å². The Morgan fingerprint density at radius 2 is 1.93 bits per heavy atom. The van der Waals surface area contributed by atoms with E-state index in [4.69, 9.17) is 0 Å². The molecule has 0 bridgehead atoms. The third kappa shape index (κ3) is 3.06. The Balaban J connectivity index is 1.83. The SMILES string of the molecule is Cc1ccncc1-c1n[nH]c2ncc(-c3cccc(C(=O)N(C)C)c3)cc12. The predicted octanol–water partition coefficient (Wildman–Crippen LogP) is 3.70. The van der Waals surface area contributed by atoms with Gasteiger partial charge in [-0.05, 0) is 42.3 Å². The molecule has 134 valence electrons. The van der Waals surface area contributed by atoms with Gasteiger partial charge in [0.15, 0.2) is 5.65 Å². The zero-order chi connectivity index (χ0) is 19.0. The van der Waals surface area contributed by atoms with Gasteiger partial charge in [-0.2, -0.15) is 5.10 Å². The molecule has 3 aromatic heterocycles. The quantitative estimate of drug-likeness (QED) is 0.607. The Morgan fingerprint density at radius 1 is 1.07 bits per heavy atom. The second-order valence-electron chi connectivity index (χ2n) is 6.66.